The maximum absolute atomic E-state index is 12.3. The van der Waals surface area contributed by atoms with Gasteiger partial charge in [0.05, 0.1) is 18.4 Å². The van der Waals surface area contributed by atoms with Crippen LogP contribution in [0.5, 0.6) is 0 Å². The lowest BCUT2D eigenvalue weighted by Crippen LogP contribution is -2.38. The zero-order valence-corrected chi connectivity index (χ0v) is 32.8. The van der Waals surface area contributed by atoms with Gasteiger partial charge < -0.3 is 35.6 Å². The molecule has 3 aliphatic rings. The van der Waals surface area contributed by atoms with Crippen molar-refractivity contribution in [1.29, 1.82) is 0 Å². The molecule has 5 N–H and O–H groups in total. The van der Waals surface area contributed by atoms with Crippen molar-refractivity contribution in [2.75, 3.05) is 32.4 Å². The van der Waals surface area contributed by atoms with E-state index >= 15 is 0 Å². The fourth-order valence-corrected chi connectivity index (χ4v) is 8.97. The molecule has 0 bridgehead atoms. The molecule has 2 unspecified atom stereocenters. The minimum absolute atomic E-state index is 0.0440. The monoisotopic (exact) mass is 785 g/mol. The van der Waals surface area contributed by atoms with Crippen molar-refractivity contribution in [3.05, 3.63) is 12.7 Å². The number of hydrogen-bond donors (Lipinski definition) is 5. The molecular weight excluding hydrogens is 727 g/mol. The van der Waals surface area contributed by atoms with Crippen LogP contribution in [0.25, 0.3) is 11.2 Å². The number of aliphatic hydroxyl groups excluding tert-OH is 2. The highest BCUT2D eigenvalue weighted by molar-refractivity contribution is 8.00. The number of amides is 2. The van der Waals surface area contributed by atoms with Crippen molar-refractivity contribution in [3.8, 4) is 0 Å². The summed E-state index contributed by atoms with van der Waals surface area (Å²) in [4.78, 5) is 58.6. The normalized spacial score (nSPS) is 25.1. The zero-order chi connectivity index (χ0) is 39.0. The van der Waals surface area contributed by atoms with Crippen LogP contribution >= 0.6 is 11.8 Å². The number of carboxylic acid groups (broad SMARTS) is 1. The number of nitrogens with zero attached hydrogens (tertiary/aromatic N) is 7. The molecule has 2 aromatic heterocycles. The lowest BCUT2D eigenvalue weighted by atomic mass is 10.0. The van der Waals surface area contributed by atoms with Gasteiger partial charge in [0.15, 0.2) is 23.2 Å². The smallest absolute Gasteiger partial charge is 0.315 e. The highest BCUT2D eigenvalue weighted by Crippen LogP contribution is 2.34. The molecule has 7 atom stereocenters. The second kappa shape index (κ2) is 22.3. The Labute approximate surface area is 327 Å². The number of hydrogen-bond acceptors (Lipinski definition) is 13. The van der Waals surface area contributed by atoms with Gasteiger partial charge >= 0.3 is 12.0 Å². The molecule has 5 rings (SSSR count). The largest absolute Gasteiger partial charge is 0.481 e. The van der Waals surface area contributed by atoms with Gasteiger partial charge in [-0.3, -0.25) is 19.1 Å². The van der Waals surface area contributed by atoms with Crippen LogP contribution in [-0.2, 0) is 14.3 Å². The Bertz CT molecular complexity index is 1590. The first-order chi connectivity index (χ1) is 26.7. The van der Waals surface area contributed by atoms with Crippen molar-refractivity contribution < 1.29 is 34.4 Å². The molecule has 0 spiro atoms. The van der Waals surface area contributed by atoms with Gasteiger partial charge in [-0.2, -0.15) is 11.8 Å². The summed E-state index contributed by atoms with van der Waals surface area (Å²) in [5, 5.41) is 36.8. The number of rotatable bonds is 26. The maximum Gasteiger partial charge on any atom is 0.315 e. The molecule has 304 valence electrons. The molecular formula is C38H59N9O7S. The Morgan fingerprint density at radius 2 is 1.73 bits per heavy atom. The third-order valence-corrected chi connectivity index (χ3v) is 12.0. The zero-order valence-electron chi connectivity index (χ0n) is 32.0. The summed E-state index contributed by atoms with van der Waals surface area (Å²) in [6.07, 6.45) is 16.8. The predicted molar refractivity (Wildman–Crippen MR) is 212 cm³/mol. The van der Waals surface area contributed by atoms with Crippen molar-refractivity contribution in [2.24, 2.45) is 9.98 Å². The number of aliphatic carboxylic acids is 1. The van der Waals surface area contributed by atoms with E-state index < -0.39 is 30.5 Å². The number of unbranched alkanes of at least 4 members (excludes halogenated alkanes) is 8. The predicted octanol–water partition coefficient (Wildman–Crippen LogP) is 4.21. The van der Waals surface area contributed by atoms with Crippen LogP contribution in [0, 0.1) is 0 Å². The third kappa shape index (κ3) is 13.0. The number of aromatic nitrogens is 4. The van der Waals surface area contributed by atoms with E-state index in [2.05, 4.69) is 35.6 Å². The van der Waals surface area contributed by atoms with E-state index in [-0.39, 0.29) is 24.5 Å². The topological polar surface area (TPSA) is 217 Å². The fraction of sp³-hybridized carbons (Fsp3) is 0.737. The average Bonchev–Trinajstić information content (AvgIpc) is 3.92. The lowest BCUT2D eigenvalue weighted by molar-refractivity contribution is -0.137. The molecule has 2 aromatic rings. The van der Waals surface area contributed by atoms with Crippen LogP contribution in [-0.4, -0.2) is 138 Å². The van der Waals surface area contributed by atoms with E-state index in [1.165, 1.54) is 12.7 Å². The summed E-state index contributed by atoms with van der Waals surface area (Å²) < 4.78 is 7.63. The van der Waals surface area contributed by atoms with Crippen LogP contribution in [0.15, 0.2) is 22.6 Å². The van der Waals surface area contributed by atoms with E-state index in [1.54, 1.807) is 4.57 Å². The van der Waals surface area contributed by atoms with E-state index in [4.69, 9.17) is 9.84 Å². The number of aliphatic imine (C=N–C) groups is 2. The maximum atomic E-state index is 12.3. The number of ether oxygens (including phenoxy) is 1. The molecule has 0 aliphatic carbocycles. The number of urea groups is 1. The van der Waals surface area contributed by atoms with Crippen molar-refractivity contribution >= 4 is 59.0 Å². The van der Waals surface area contributed by atoms with Gasteiger partial charge in [-0.05, 0) is 77.6 Å². The molecule has 2 amide bonds. The van der Waals surface area contributed by atoms with Crippen LogP contribution in [0.4, 0.5) is 10.6 Å². The van der Waals surface area contributed by atoms with E-state index in [1.807, 2.05) is 36.1 Å². The minimum atomic E-state index is -1.20. The number of thioether (sulfide) groups is 1. The van der Waals surface area contributed by atoms with Crippen molar-refractivity contribution in [3.63, 3.8) is 0 Å². The highest BCUT2D eigenvalue weighted by atomic mass is 32.2. The number of ketones is 1. The molecule has 17 heteroatoms. The van der Waals surface area contributed by atoms with Crippen LogP contribution in [0.3, 0.4) is 0 Å². The Kier molecular flexibility index (Phi) is 17.3. The van der Waals surface area contributed by atoms with E-state index in [0.717, 1.165) is 89.3 Å². The number of fused-ring (bicyclic) bond motifs is 2. The molecule has 3 saturated heterocycles. The van der Waals surface area contributed by atoms with Crippen LogP contribution in [0.2, 0.25) is 0 Å². The number of nitrogens with one attached hydrogen (secondary N) is 2. The van der Waals surface area contributed by atoms with Gasteiger partial charge in [0.2, 0.25) is 0 Å². The fourth-order valence-electron chi connectivity index (χ4n) is 7.42. The number of likely N-dealkylation sites (N-methyl/N-ethyl adjacent to an activating group) is 1. The third-order valence-electron chi connectivity index (χ3n) is 10.5. The van der Waals surface area contributed by atoms with Gasteiger partial charge in [-0.25, -0.2) is 24.7 Å². The summed E-state index contributed by atoms with van der Waals surface area (Å²) in [5.74, 6) is 0.923. The van der Waals surface area contributed by atoms with Crippen molar-refractivity contribution in [2.45, 2.75) is 145 Å². The van der Waals surface area contributed by atoms with Gasteiger partial charge in [0.1, 0.15) is 30.4 Å². The molecule has 0 radical (unpaired) electrons. The molecule has 3 fully saturated rings. The number of carboxylic acids is 1. The van der Waals surface area contributed by atoms with Gasteiger partial charge in [0.25, 0.3) is 0 Å². The highest BCUT2D eigenvalue weighted by Gasteiger charge is 2.45. The SMILES string of the molecule is CN(CCCC(=O)O)C[C@H]1OC(n2cnc3c(N=CCCCCCC=NCCCCCCC(=O)CCCCC4SC[C@@H]5NC(=O)N[C@H]45)ncnc32)[C@H](O)[C@@H]1O. The number of carbonyl (C=O) groups is 3. The van der Waals surface area contributed by atoms with Crippen LogP contribution < -0.4 is 10.6 Å². The van der Waals surface area contributed by atoms with Gasteiger partial charge in [-0.1, -0.05) is 25.7 Å². The first-order valence-corrected chi connectivity index (χ1v) is 21.1. The van der Waals surface area contributed by atoms with E-state index in [9.17, 15) is 24.6 Å². The first-order valence-electron chi connectivity index (χ1n) is 20.0. The molecule has 3 aliphatic heterocycles. The van der Waals surface area contributed by atoms with Gasteiger partial charge in [-0.15, -0.1) is 0 Å². The number of carbonyl (C=O) groups excluding carboxylic acids is 2. The summed E-state index contributed by atoms with van der Waals surface area (Å²) in [7, 11) is 1.82. The first kappa shape index (κ1) is 42.6. The summed E-state index contributed by atoms with van der Waals surface area (Å²) in [6.45, 7) is 1.69. The Morgan fingerprint density at radius 1 is 0.964 bits per heavy atom. The summed E-state index contributed by atoms with van der Waals surface area (Å²) in [6, 6.07) is 0.466. The number of imidazole rings is 1. The van der Waals surface area contributed by atoms with E-state index in [0.29, 0.717) is 60.4 Å². The van der Waals surface area contributed by atoms with Crippen LogP contribution in [0.1, 0.15) is 109 Å². The number of aliphatic hydroxyl groups is 2. The minimum Gasteiger partial charge on any atom is -0.481 e. The average molecular weight is 786 g/mol. The quantitative estimate of drug-likeness (QED) is 0.0515. The second-order valence-electron chi connectivity index (χ2n) is 14.9. The Hall–Kier alpha value is -3.51. The molecule has 0 aromatic carbocycles. The van der Waals surface area contributed by atoms with Crippen molar-refractivity contribution in [1.82, 2.24) is 35.1 Å². The molecule has 16 nitrogen and oxygen atoms in total. The standard InChI is InChI=1S/C38H59N9O7S/c1-46(21-13-17-30(49)50)22-28-33(51)34(52)37(54-28)47-25-43-32-35(41-24-42-36(32)47)40-20-12-5-2-4-10-18-39-19-11-6-3-7-14-26(48)15-8-9-16-29-31-27(23-55-29)44-38(53)45-31/h18,20,24-25,27-29,31,33-34,37,51-52H,2-17,19,21-23H2,1H3,(H,49,50)(H2,44,45,53)/t27-,28+,29?,31-,33+,34+,37?/m0/s1. The Morgan fingerprint density at radius 3 is 2.55 bits per heavy atom. The summed E-state index contributed by atoms with van der Waals surface area (Å²) in [5.41, 5.74) is 0.917. The van der Waals surface area contributed by atoms with Gasteiger partial charge in [0, 0.05) is 49.6 Å². The Balaban J connectivity index is 0.875. The summed E-state index contributed by atoms with van der Waals surface area (Å²) >= 11 is 1.93. The second-order valence-corrected chi connectivity index (χ2v) is 16.2. The molecule has 55 heavy (non-hydrogen) atoms. The number of Topliss-reactive ketones (excluding diaryl/α,β-unsaturated/α-hetero) is 1. The molecule has 5 heterocycles. The lowest BCUT2D eigenvalue weighted by Gasteiger charge is -2.22. The molecule has 0 saturated carbocycles.